The quantitative estimate of drug-likeness (QED) is 0.304. The van der Waals surface area contributed by atoms with E-state index >= 15 is 0 Å². The minimum absolute atomic E-state index is 0.124. The molecule has 37 heavy (non-hydrogen) atoms. The van der Waals surface area contributed by atoms with Crippen molar-refractivity contribution in [2.24, 2.45) is 0 Å². The Balaban J connectivity index is 1.84. The largest absolute Gasteiger partial charge is 0.481 e. The van der Waals surface area contributed by atoms with Crippen molar-refractivity contribution in [3.63, 3.8) is 0 Å². The molecule has 1 heterocycles. The van der Waals surface area contributed by atoms with Crippen LogP contribution in [0.4, 0.5) is 26.3 Å². The maximum absolute atomic E-state index is 12.9. The van der Waals surface area contributed by atoms with E-state index in [4.69, 9.17) is 13.9 Å². The van der Waals surface area contributed by atoms with Gasteiger partial charge in [0.25, 0.3) is 5.89 Å². The van der Waals surface area contributed by atoms with Gasteiger partial charge in [-0.05, 0) is 68.8 Å². The molecule has 3 aromatic rings. The summed E-state index contributed by atoms with van der Waals surface area (Å²) in [5.41, 5.74) is -1.82. The molecule has 0 saturated carbocycles. The van der Waals surface area contributed by atoms with Crippen LogP contribution in [0.2, 0.25) is 0 Å². The van der Waals surface area contributed by atoms with Gasteiger partial charge in [-0.3, -0.25) is 0 Å². The predicted octanol–water partition coefficient (Wildman–Crippen LogP) is 6.77. The highest BCUT2D eigenvalue weighted by molar-refractivity contribution is 5.76. The smallest absolute Gasteiger partial charge is 0.416 e. The first-order valence-electron chi connectivity index (χ1n) is 10.8. The Kier molecular flexibility index (Phi) is 7.75. The summed E-state index contributed by atoms with van der Waals surface area (Å²) in [6.45, 7) is 4.31. The molecule has 0 amide bonds. The lowest BCUT2D eigenvalue weighted by molar-refractivity contribution is -0.152. The molecule has 0 aliphatic rings. The second-order valence-corrected chi connectivity index (χ2v) is 8.63. The van der Waals surface area contributed by atoms with Gasteiger partial charge in [0.15, 0.2) is 11.7 Å². The van der Waals surface area contributed by atoms with Crippen LogP contribution in [0.25, 0.3) is 11.5 Å². The zero-order valence-corrected chi connectivity index (χ0v) is 19.8. The van der Waals surface area contributed by atoms with E-state index in [0.29, 0.717) is 5.56 Å². The van der Waals surface area contributed by atoms with Crippen LogP contribution in [-0.4, -0.2) is 33.1 Å². The Hall–Kier alpha value is -3.77. The molecule has 0 spiro atoms. The zero-order valence-electron chi connectivity index (χ0n) is 19.8. The average molecular weight is 532 g/mol. The fourth-order valence-corrected chi connectivity index (χ4v) is 3.10. The van der Waals surface area contributed by atoms with Gasteiger partial charge in [-0.15, -0.1) is 10.2 Å². The van der Waals surface area contributed by atoms with Crippen LogP contribution in [-0.2, 0) is 11.0 Å². The number of carboxylic acid groups (broad SMARTS) is 1. The van der Waals surface area contributed by atoms with Crippen LogP contribution in [0.3, 0.4) is 0 Å². The Bertz CT molecular complexity index is 1240. The van der Waals surface area contributed by atoms with E-state index in [2.05, 4.69) is 10.2 Å². The number of benzene rings is 2. The third-order valence-electron chi connectivity index (χ3n) is 5.17. The highest BCUT2D eigenvalue weighted by atomic mass is 19.4. The van der Waals surface area contributed by atoms with Crippen LogP contribution in [0.1, 0.15) is 49.8 Å². The van der Waals surface area contributed by atoms with Crippen LogP contribution in [0, 0.1) is 6.92 Å². The first-order valence-corrected chi connectivity index (χ1v) is 10.8. The number of aryl methyl sites for hydroxylation is 1. The van der Waals surface area contributed by atoms with Gasteiger partial charge >= 0.3 is 18.3 Å². The number of nitrogens with zero attached hydrogens (tertiary/aromatic N) is 2. The van der Waals surface area contributed by atoms with E-state index in [-0.39, 0.29) is 28.8 Å². The number of carbonyl (C=O) groups is 1. The summed E-state index contributed by atoms with van der Waals surface area (Å²) < 4.78 is 93.9. The van der Waals surface area contributed by atoms with Gasteiger partial charge in [-0.2, -0.15) is 26.3 Å². The minimum atomic E-state index is -4.54. The Morgan fingerprint density at radius 2 is 1.68 bits per heavy atom. The lowest BCUT2D eigenvalue weighted by Gasteiger charge is -2.23. The molecule has 0 fully saturated rings. The number of ether oxygens (including phenoxy) is 2. The molecule has 0 radical (unpaired) electrons. The number of rotatable bonds is 9. The molecule has 3 rings (SSSR count). The molecule has 0 aliphatic carbocycles. The standard InChI is InChI=1S/C24H22F6N2O5/c1-13-12-16(8-9-17(13)37-22(2,3)21(33)34)35-18(10-11-23(25,26)27)20-32-31-19(36-20)14-4-6-15(7-5-14)24(28,29)30/h4-9,12,18H,10-11H2,1-3H3,(H,33,34). The Labute approximate surface area is 207 Å². The third kappa shape index (κ3) is 7.37. The van der Waals surface area contributed by atoms with Crippen LogP contribution in [0.5, 0.6) is 11.5 Å². The fraction of sp³-hybridized carbons (Fsp3) is 0.375. The summed E-state index contributed by atoms with van der Waals surface area (Å²) in [5, 5.41) is 16.7. The Morgan fingerprint density at radius 3 is 2.22 bits per heavy atom. The molecule has 1 unspecified atom stereocenters. The average Bonchev–Trinajstić information content (AvgIpc) is 3.27. The molecule has 0 aliphatic heterocycles. The van der Waals surface area contributed by atoms with Gasteiger partial charge in [0.05, 0.1) is 5.56 Å². The summed E-state index contributed by atoms with van der Waals surface area (Å²) >= 11 is 0. The molecule has 7 nitrogen and oxygen atoms in total. The summed E-state index contributed by atoms with van der Waals surface area (Å²) in [5.74, 6) is -1.34. The second-order valence-electron chi connectivity index (χ2n) is 8.63. The Morgan fingerprint density at radius 1 is 1.03 bits per heavy atom. The molecule has 2 aromatic carbocycles. The molecule has 13 heteroatoms. The maximum Gasteiger partial charge on any atom is 0.416 e. The van der Waals surface area contributed by atoms with Crippen molar-refractivity contribution in [1.29, 1.82) is 0 Å². The van der Waals surface area contributed by atoms with Crippen molar-refractivity contribution in [3.8, 4) is 23.0 Å². The van der Waals surface area contributed by atoms with E-state index in [1.807, 2.05) is 0 Å². The lowest BCUT2D eigenvalue weighted by Crippen LogP contribution is -2.38. The van der Waals surface area contributed by atoms with Crippen molar-refractivity contribution in [2.75, 3.05) is 0 Å². The number of carboxylic acids is 1. The first-order chi connectivity index (χ1) is 17.0. The van der Waals surface area contributed by atoms with Gasteiger partial charge in [0, 0.05) is 18.4 Å². The van der Waals surface area contributed by atoms with Crippen molar-refractivity contribution in [2.45, 2.75) is 57.7 Å². The predicted molar refractivity (Wildman–Crippen MR) is 117 cm³/mol. The molecule has 1 aromatic heterocycles. The molecule has 200 valence electrons. The molecular weight excluding hydrogens is 510 g/mol. The topological polar surface area (TPSA) is 94.7 Å². The highest BCUT2D eigenvalue weighted by Gasteiger charge is 2.33. The number of halogens is 6. The van der Waals surface area contributed by atoms with Gasteiger partial charge in [0.2, 0.25) is 5.89 Å². The lowest BCUT2D eigenvalue weighted by atomic mass is 10.1. The summed E-state index contributed by atoms with van der Waals surface area (Å²) in [4.78, 5) is 11.3. The second kappa shape index (κ2) is 10.3. The third-order valence-corrected chi connectivity index (χ3v) is 5.17. The van der Waals surface area contributed by atoms with Crippen molar-refractivity contribution >= 4 is 5.97 Å². The first kappa shape index (κ1) is 27.8. The van der Waals surface area contributed by atoms with E-state index in [0.717, 1.165) is 24.3 Å². The van der Waals surface area contributed by atoms with Gasteiger partial charge in [-0.25, -0.2) is 4.79 Å². The van der Waals surface area contributed by atoms with E-state index in [1.54, 1.807) is 6.92 Å². The number of alkyl halides is 6. The molecular formula is C24H22F6N2O5. The zero-order chi connectivity index (χ0) is 27.6. The molecule has 0 bridgehead atoms. The normalized spacial score (nSPS) is 13.3. The minimum Gasteiger partial charge on any atom is -0.481 e. The number of hydrogen-bond acceptors (Lipinski definition) is 6. The van der Waals surface area contributed by atoms with Gasteiger partial charge < -0.3 is 19.0 Å². The van der Waals surface area contributed by atoms with Crippen molar-refractivity contribution in [3.05, 3.63) is 59.5 Å². The van der Waals surface area contributed by atoms with Gasteiger partial charge in [-0.1, -0.05) is 0 Å². The molecule has 1 N–H and O–H groups in total. The molecule has 0 saturated heterocycles. The number of aliphatic carboxylic acids is 1. The van der Waals surface area contributed by atoms with Crippen LogP contribution >= 0.6 is 0 Å². The highest BCUT2D eigenvalue weighted by Crippen LogP contribution is 2.35. The SMILES string of the molecule is Cc1cc(OC(CCC(F)(F)F)c2nnc(-c3ccc(C(F)(F)F)cc3)o2)ccc1OC(C)(C)C(=O)O. The number of aromatic nitrogens is 2. The fourth-order valence-electron chi connectivity index (χ4n) is 3.10. The van der Waals surface area contributed by atoms with Crippen molar-refractivity contribution in [1.82, 2.24) is 10.2 Å². The van der Waals surface area contributed by atoms with Crippen molar-refractivity contribution < 1.29 is 50.1 Å². The van der Waals surface area contributed by atoms with Crippen LogP contribution in [0.15, 0.2) is 46.9 Å². The van der Waals surface area contributed by atoms with E-state index in [1.165, 1.54) is 32.0 Å². The summed E-state index contributed by atoms with van der Waals surface area (Å²) in [6, 6.07) is 8.08. The monoisotopic (exact) mass is 532 g/mol. The number of hydrogen-bond donors (Lipinski definition) is 1. The maximum atomic E-state index is 12.9. The van der Waals surface area contributed by atoms with E-state index < -0.39 is 48.4 Å². The summed E-state index contributed by atoms with van der Waals surface area (Å²) in [6.07, 6.45) is -12.2. The van der Waals surface area contributed by atoms with Crippen LogP contribution < -0.4 is 9.47 Å². The van der Waals surface area contributed by atoms with E-state index in [9.17, 15) is 36.2 Å². The summed E-state index contributed by atoms with van der Waals surface area (Å²) in [7, 11) is 0. The molecule has 1 atom stereocenters. The van der Waals surface area contributed by atoms with Gasteiger partial charge in [0.1, 0.15) is 11.5 Å².